The highest BCUT2D eigenvalue weighted by molar-refractivity contribution is 5.29. The molecule has 0 aromatic heterocycles. The van der Waals surface area contributed by atoms with E-state index in [0.717, 1.165) is 18.7 Å². The maximum Gasteiger partial charge on any atom is 0.120 e. The van der Waals surface area contributed by atoms with Crippen molar-refractivity contribution in [1.29, 1.82) is 0 Å². The minimum atomic E-state index is 0.0671. The molecule has 1 N–H and O–H groups in total. The van der Waals surface area contributed by atoms with Crippen molar-refractivity contribution in [2.75, 3.05) is 6.54 Å². The second-order valence-electron chi connectivity index (χ2n) is 7.79. The fourth-order valence-corrected chi connectivity index (χ4v) is 2.81. The number of hydrogen-bond acceptors (Lipinski definition) is 2. The fraction of sp³-hybridized carbons (Fsp3) is 0.684. The molecule has 0 radical (unpaired) electrons. The average Bonchev–Trinajstić information content (AvgIpc) is 2.34. The smallest absolute Gasteiger partial charge is 0.120 e. The molecule has 1 fully saturated rings. The standard InChI is InChI=1S/C19H31NO/c1-15(2)16-7-9-17(10-8-16)21-19(11-6-12-19)13-14-20-18(3,4)5/h7-10,15,20H,6,11-14H2,1-5H3. The van der Waals surface area contributed by atoms with Crippen LogP contribution in [0.3, 0.4) is 0 Å². The Labute approximate surface area is 130 Å². The van der Waals surface area contributed by atoms with Crippen LogP contribution >= 0.6 is 0 Å². The van der Waals surface area contributed by atoms with Gasteiger partial charge in [0.05, 0.1) is 0 Å². The molecule has 0 aliphatic heterocycles. The summed E-state index contributed by atoms with van der Waals surface area (Å²) >= 11 is 0. The van der Waals surface area contributed by atoms with Crippen molar-refractivity contribution >= 4 is 0 Å². The Hall–Kier alpha value is -1.02. The van der Waals surface area contributed by atoms with Crippen LogP contribution in [0.15, 0.2) is 24.3 Å². The van der Waals surface area contributed by atoms with E-state index in [1.54, 1.807) is 0 Å². The molecule has 0 spiro atoms. The summed E-state index contributed by atoms with van der Waals surface area (Å²) in [5, 5.41) is 3.58. The highest BCUT2D eigenvalue weighted by Gasteiger charge is 2.39. The first-order valence-electron chi connectivity index (χ1n) is 8.34. The van der Waals surface area contributed by atoms with Crippen LogP contribution < -0.4 is 10.1 Å². The molecular formula is C19H31NO. The molecule has 0 saturated heterocycles. The molecule has 2 rings (SSSR count). The highest BCUT2D eigenvalue weighted by atomic mass is 16.5. The lowest BCUT2D eigenvalue weighted by Gasteiger charge is -2.42. The van der Waals surface area contributed by atoms with Crippen LogP contribution in [0.2, 0.25) is 0 Å². The molecule has 2 heteroatoms. The Kier molecular flexibility index (Phi) is 4.98. The van der Waals surface area contributed by atoms with Crippen LogP contribution in [0.4, 0.5) is 0 Å². The van der Waals surface area contributed by atoms with Crippen LogP contribution in [0, 0.1) is 0 Å². The van der Waals surface area contributed by atoms with Crippen LogP contribution in [-0.2, 0) is 0 Å². The SMILES string of the molecule is CC(C)c1ccc(OC2(CCNC(C)(C)C)CCC2)cc1. The molecule has 2 nitrogen and oxygen atoms in total. The predicted octanol–water partition coefficient (Wildman–Crippen LogP) is 4.89. The van der Waals surface area contributed by atoms with Gasteiger partial charge in [0.15, 0.2) is 0 Å². The van der Waals surface area contributed by atoms with E-state index in [4.69, 9.17) is 4.74 Å². The van der Waals surface area contributed by atoms with Crippen molar-refractivity contribution in [3.05, 3.63) is 29.8 Å². The van der Waals surface area contributed by atoms with Gasteiger partial charge in [0.2, 0.25) is 0 Å². The highest BCUT2D eigenvalue weighted by Crippen LogP contribution is 2.39. The van der Waals surface area contributed by atoms with Gasteiger partial charge >= 0.3 is 0 Å². The third kappa shape index (κ3) is 4.74. The van der Waals surface area contributed by atoms with E-state index in [9.17, 15) is 0 Å². The van der Waals surface area contributed by atoms with Crippen molar-refractivity contribution < 1.29 is 4.74 Å². The first-order valence-corrected chi connectivity index (χ1v) is 8.34. The van der Waals surface area contributed by atoms with Crippen molar-refractivity contribution in [1.82, 2.24) is 5.32 Å². The monoisotopic (exact) mass is 289 g/mol. The molecule has 0 unspecified atom stereocenters. The molecule has 0 atom stereocenters. The summed E-state index contributed by atoms with van der Waals surface area (Å²) in [6.07, 6.45) is 4.76. The van der Waals surface area contributed by atoms with E-state index in [2.05, 4.69) is 64.2 Å². The van der Waals surface area contributed by atoms with E-state index in [-0.39, 0.29) is 11.1 Å². The zero-order chi connectivity index (χ0) is 15.5. The molecule has 1 aromatic rings. The molecule has 0 amide bonds. The molecule has 21 heavy (non-hydrogen) atoms. The third-order valence-electron chi connectivity index (χ3n) is 4.38. The van der Waals surface area contributed by atoms with Crippen LogP contribution in [0.5, 0.6) is 5.75 Å². The number of hydrogen-bond donors (Lipinski definition) is 1. The zero-order valence-electron chi connectivity index (χ0n) is 14.3. The first-order chi connectivity index (χ1) is 9.80. The van der Waals surface area contributed by atoms with E-state index >= 15 is 0 Å². The minimum Gasteiger partial charge on any atom is -0.487 e. The Morgan fingerprint density at radius 1 is 1.14 bits per heavy atom. The van der Waals surface area contributed by atoms with Gasteiger partial charge in [-0.3, -0.25) is 0 Å². The normalized spacial score (nSPS) is 17.6. The third-order valence-corrected chi connectivity index (χ3v) is 4.38. The second-order valence-corrected chi connectivity index (χ2v) is 7.79. The number of nitrogens with one attached hydrogen (secondary N) is 1. The van der Waals surface area contributed by atoms with Crippen LogP contribution in [-0.4, -0.2) is 17.7 Å². The van der Waals surface area contributed by atoms with E-state index in [1.807, 2.05) is 0 Å². The average molecular weight is 289 g/mol. The van der Waals surface area contributed by atoms with Gasteiger partial charge < -0.3 is 10.1 Å². The summed E-state index contributed by atoms with van der Waals surface area (Å²) < 4.78 is 6.35. The molecule has 1 aliphatic rings. The Bertz CT molecular complexity index is 438. The molecular weight excluding hydrogens is 258 g/mol. The van der Waals surface area contributed by atoms with Crippen molar-refractivity contribution in [3.8, 4) is 5.75 Å². The Balaban J connectivity index is 1.92. The van der Waals surface area contributed by atoms with Gasteiger partial charge in [-0.05, 0) is 76.6 Å². The quantitative estimate of drug-likeness (QED) is 0.805. The van der Waals surface area contributed by atoms with Crippen molar-refractivity contribution in [2.45, 2.75) is 77.4 Å². The summed E-state index contributed by atoms with van der Waals surface area (Å²) in [7, 11) is 0. The molecule has 0 bridgehead atoms. The summed E-state index contributed by atoms with van der Waals surface area (Å²) in [5.74, 6) is 1.60. The minimum absolute atomic E-state index is 0.0671. The number of rotatable bonds is 6. The summed E-state index contributed by atoms with van der Waals surface area (Å²) in [4.78, 5) is 0. The largest absolute Gasteiger partial charge is 0.487 e. The topological polar surface area (TPSA) is 21.3 Å². The van der Waals surface area contributed by atoms with Gasteiger partial charge in [0, 0.05) is 5.54 Å². The Morgan fingerprint density at radius 3 is 2.19 bits per heavy atom. The summed E-state index contributed by atoms with van der Waals surface area (Å²) in [5.41, 5.74) is 1.63. The number of ether oxygens (including phenoxy) is 1. The Morgan fingerprint density at radius 2 is 1.76 bits per heavy atom. The molecule has 1 aromatic carbocycles. The van der Waals surface area contributed by atoms with E-state index in [0.29, 0.717) is 5.92 Å². The maximum atomic E-state index is 6.35. The molecule has 1 aliphatic carbocycles. The lowest BCUT2D eigenvalue weighted by atomic mass is 9.77. The van der Waals surface area contributed by atoms with Gasteiger partial charge in [0.1, 0.15) is 11.4 Å². The van der Waals surface area contributed by atoms with Gasteiger partial charge in [-0.15, -0.1) is 0 Å². The van der Waals surface area contributed by atoms with Crippen LogP contribution in [0.25, 0.3) is 0 Å². The molecule has 0 heterocycles. The van der Waals surface area contributed by atoms with Gasteiger partial charge in [-0.1, -0.05) is 26.0 Å². The van der Waals surface area contributed by atoms with Gasteiger partial charge in [-0.2, -0.15) is 0 Å². The van der Waals surface area contributed by atoms with E-state index < -0.39 is 0 Å². The van der Waals surface area contributed by atoms with Crippen molar-refractivity contribution in [3.63, 3.8) is 0 Å². The second kappa shape index (κ2) is 6.39. The maximum absolute atomic E-state index is 6.35. The predicted molar refractivity (Wildman–Crippen MR) is 90.1 cm³/mol. The number of benzene rings is 1. The lowest BCUT2D eigenvalue weighted by molar-refractivity contribution is -0.0152. The zero-order valence-corrected chi connectivity index (χ0v) is 14.3. The molecule has 118 valence electrons. The lowest BCUT2D eigenvalue weighted by Crippen LogP contribution is -2.47. The fourth-order valence-electron chi connectivity index (χ4n) is 2.81. The first kappa shape index (κ1) is 16.4. The summed E-state index contributed by atoms with van der Waals surface area (Å²) in [6, 6.07) is 8.65. The van der Waals surface area contributed by atoms with E-state index in [1.165, 1.54) is 24.8 Å². The van der Waals surface area contributed by atoms with Gasteiger partial charge in [0.25, 0.3) is 0 Å². The summed E-state index contributed by atoms with van der Waals surface area (Å²) in [6.45, 7) is 12.1. The van der Waals surface area contributed by atoms with Crippen LogP contribution in [0.1, 0.15) is 71.8 Å². The van der Waals surface area contributed by atoms with Gasteiger partial charge in [-0.25, -0.2) is 0 Å². The van der Waals surface area contributed by atoms with Crippen molar-refractivity contribution in [2.24, 2.45) is 0 Å². The molecule has 1 saturated carbocycles.